The highest BCUT2D eigenvalue weighted by Crippen LogP contribution is 2.32. The van der Waals surface area contributed by atoms with Gasteiger partial charge in [0.15, 0.2) is 0 Å². The molecule has 134 valence electrons. The van der Waals surface area contributed by atoms with Gasteiger partial charge in [-0.25, -0.2) is 13.6 Å². The molecule has 2 aromatic carbocycles. The summed E-state index contributed by atoms with van der Waals surface area (Å²) in [5.74, 6) is 0.699. The van der Waals surface area contributed by atoms with E-state index >= 15 is 0 Å². The van der Waals surface area contributed by atoms with Crippen molar-refractivity contribution in [1.29, 1.82) is 0 Å². The Kier molecular flexibility index (Phi) is 5.89. The number of hydrogen-bond acceptors (Lipinski definition) is 3. The number of nitrogens with one attached hydrogen (secondary N) is 1. The van der Waals surface area contributed by atoms with Gasteiger partial charge in [0.2, 0.25) is 10.0 Å². The van der Waals surface area contributed by atoms with Gasteiger partial charge >= 0.3 is 0 Å². The fourth-order valence-electron chi connectivity index (χ4n) is 3.62. The largest absolute Gasteiger partial charge is 0.314 e. The zero-order chi connectivity index (χ0) is 17.7. The molecular formula is C20H26N2O2S. The molecule has 0 spiro atoms. The zero-order valence-corrected chi connectivity index (χ0v) is 15.2. The van der Waals surface area contributed by atoms with Gasteiger partial charge in [-0.05, 0) is 67.8 Å². The number of nitrogens with two attached hydrogens (primary N) is 1. The number of hydrogen-bond donors (Lipinski definition) is 2. The van der Waals surface area contributed by atoms with Gasteiger partial charge in [0.05, 0.1) is 4.90 Å². The quantitative estimate of drug-likeness (QED) is 0.833. The Morgan fingerprint density at radius 1 is 0.920 bits per heavy atom. The normalized spacial score (nSPS) is 21.2. The van der Waals surface area contributed by atoms with Crippen molar-refractivity contribution in [3.05, 3.63) is 65.7 Å². The van der Waals surface area contributed by atoms with E-state index < -0.39 is 10.0 Å². The standard InChI is InChI=1S/C20H26N2O2S/c21-25(23,24)20-12-6-16(7-13-20)14-15-22-19-10-8-18(9-11-19)17-4-2-1-3-5-17/h1-7,12-13,18-19,22H,8-11,14-15H2,(H2,21,23,24). The van der Waals surface area contributed by atoms with Crippen LogP contribution in [0.4, 0.5) is 0 Å². The molecule has 1 fully saturated rings. The van der Waals surface area contributed by atoms with Crippen molar-refractivity contribution in [3.8, 4) is 0 Å². The Labute approximate surface area is 150 Å². The molecule has 1 saturated carbocycles. The van der Waals surface area contributed by atoms with E-state index in [9.17, 15) is 8.42 Å². The molecule has 25 heavy (non-hydrogen) atoms. The van der Waals surface area contributed by atoms with E-state index in [1.54, 1.807) is 12.1 Å². The Balaban J connectivity index is 1.42. The summed E-state index contributed by atoms with van der Waals surface area (Å²) in [6.45, 7) is 0.912. The SMILES string of the molecule is NS(=O)(=O)c1ccc(CCNC2CCC(c3ccccc3)CC2)cc1. The second-order valence-corrected chi connectivity index (χ2v) is 8.41. The van der Waals surface area contributed by atoms with Crippen LogP contribution >= 0.6 is 0 Å². The van der Waals surface area contributed by atoms with E-state index in [1.807, 2.05) is 12.1 Å². The molecule has 0 saturated heterocycles. The van der Waals surface area contributed by atoms with Crippen LogP contribution in [0.25, 0.3) is 0 Å². The minimum atomic E-state index is -3.60. The minimum Gasteiger partial charge on any atom is -0.314 e. The Morgan fingerprint density at radius 2 is 1.56 bits per heavy atom. The van der Waals surface area contributed by atoms with Gasteiger partial charge in [-0.1, -0.05) is 42.5 Å². The third-order valence-electron chi connectivity index (χ3n) is 5.10. The number of rotatable bonds is 6. The van der Waals surface area contributed by atoms with E-state index in [0.29, 0.717) is 12.0 Å². The van der Waals surface area contributed by atoms with Crippen LogP contribution in [0.5, 0.6) is 0 Å². The van der Waals surface area contributed by atoms with Crippen LogP contribution in [0.15, 0.2) is 59.5 Å². The fraction of sp³-hybridized carbons (Fsp3) is 0.400. The molecule has 0 atom stereocenters. The van der Waals surface area contributed by atoms with Crippen LogP contribution in [0.3, 0.4) is 0 Å². The lowest BCUT2D eigenvalue weighted by Crippen LogP contribution is -2.34. The monoisotopic (exact) mass is 358 g/mol. The molecule has 1 aliphatic carbocycles. The first-order valence-corrected chi connectivity index (χ1v) is 10.5. The molecule has 0 bridgehead atoms. The van der Waals surface area contributed by atoms with Gasteiger partial charge in [-0.3, -0.25) is 0 Å². The van der Waals surface area contributed by atoms with Crippen molar-refractivity contribution in [2.24, 2.45) is 5.14 Å². The molecule has 5 heteroatoms. The Bertz CT molecular complexity index is 765. The van der Waals surface area contributed by atoms with Crippen LogP contribution in [-0.2, 0) is 16.4 Å². The van der Waals surface area contributed by atoms with Gasteiger partial charge in [0, 0.05) is 6.04 Å². The van der Waals surface area contributed by atoms with Crippen LogP contribution < -0.4 is 10.5 Å². The highest BCUT2D eigenvalue weighted by atomic mass is 32.2. The molecule has 0 radical (unpaired) electrons. The van der Waals surface area contributed by atoms with Crippen LogP contribution in [-0.4, -0.2) is 21.0 Å². The second-order valence-electron chi connectivity index (χ2n) is 6.85. The van der Waals surface area contributed by atoms with Gasteiger partial charge in [-0.15, -0.1) is 0 Å². The molecule has 3 N–H and O–H groups in total. The molecule has 0 aromatic heterocycles. The summed E-state index contributed by atoms with van der Waals surface area (Å²) >= 11 is 0. The van der Waals surface area contributed by atoms with Crippen molar-refractivity contribution in [1.82, 2.24) is 5.32 Å². The first-order valence-electron chi connectivity index (χ1n) is 8.92. The van der Waals surface area contributed by atoms with Gasteiger partial charge < -0.3 is 5.32 Å². The van der Waals surface area contributed by atoms with Crippen molar-refractivity contribution in [2.45, 2.75) is 49.0 Å². The lowest BCUT2D eigenvalue weighted by Gasteiger charge is -2.29. The fourth-order valence-corrected chi connectivity index (χ4v) is 4.14. The van der Waals surface area contributed by atoms with Crippen molar-refractivity contribution >= 4 is 10.0 Å². The van der Waals surface area contributed by atoms with Crippen molar-refractivity contribution in [2.75, 3.05) is 6.54 Å². The molecule has 2 aromatic rings. The molecule has 0 unspecified atom stereocenters. The van der Waals surface area contributed by atoms with Gasteiger partial charge in [0.1, 0.15) is 0 Å². The molecular weight excluding hydrogens is 332 g/mol. The molecule has 3 rings (SSSR count). The second kappa shape index (κ2) is 8.13. The third-order valence-corrected chi connectivity index (χ3v) is 6.03. The van der Waals surface area contributed by atoms with E-state index in [1.165, 1.54) is 31.2 Å². The average molecular weight is 359 g/mol. The van der Waals surface area contributed by atoms with Crippen LogP contribution in [0.2, 0.25) is 0 Å². The van der Waals surface area contributed by atoms with Crippen molar-refractivity contribution in [3.63, 3.8) is 0 Å². The van der Waals surface area contributed by atoms with E-state index in [-0.39, 0.29) is 4.90 Å². The van der Waals surface area contributed by atoms with Crippen molar-refractivity contribution < 1.29 is 8.42 Å². The number of primary sulfonamides is 1. The summed E-state index contributed by atoms with van der Waals surface area (Å²) in [4.78, 5) is 0.170. The summed E-state index contributed by atoms with van der Waals surface area (Å²) in [7, 11) is -3.60. The first-order chi connectivity index (χ1) is 12.0. The summed E-state index contributed by atoms with van der Waals surface area (Å²) in [5.41, 5.74) is 2.59. The third kappa shape index (κ3) is 5.14. The summed E-state index contributed by atoms with van der Waals surface area (Å²) in [5, 5.41) is 8.76. The van der Waals surface area contributed by atoms with Gasteiger partial charge in [0.25, 0.3) is 0 Å². The van der Waals surface area contributed by atoms with Gasteiger partial charge in [-0.2, -0.15) is 0 Å². The Hall–Kier alpha value is -1.69. The lowest BCUT2D eigenvalue weighted by molar-refractivity contribution is 0.344. The maximum absolute atomic E-state index is 11.3. The highest BCUT2D eigenvalue weighted by molar-refractivity contribution is 7.89. The van der Waals surface area contributed by atoms with Crippen LogP contribution in [0, 0.1) is 0 Å². The maximum atomic E-state index is 11.3. The summed E-state index contributed by atoms with van der Waals surface area (Å²) < 4.78 is 22.5. The highest BCUT2D eigenvalue weighted by Gasteiger charge is 2.21. The van der Waals surface area contributed by atoms with E-state index in [0.717, 1.165) is 18.5 Å². The predicted octanol–water partition coefficient (Wildman–Crippen LogP) is 3.19. The maximum Gasteiger partial charge on any atom is 0.238 e. The molecule has 0 aliphatic heterocycles. The topological polar surface area (TPSA) is 72.2 Å². The molecule has 0 heterocycles. The first kappa shape index (κ1) is 18.1. The van der Waals surface area contributed by atoms with E-state index in [4.69, 9.17) is 5.14 Å². The number of benzene rings is 2. The average Bonchev–Trinajstić information content (AvgIpc) is 2.63. The summed E-state index contributed by atoms with van der Waals surface area (Å²) in [6.07, 6.45) is 5.80. The predicted molar refractivity (Wildman–Crippen MR) is 101 cm³/mol. The zero-order valence-electron chi connectivity index (χ0n) is 14.4. The minimum absolute atomic E-state index is 0.170. The molecule has 4 nitrogen and oxygen atoms in total. The lowest BCUT2D eigenvalue weighted by atomic mass is 9.82. The number of sulfonamides is 1. The molecule has 1 aliphatic rings. The Morgan fingerprint density at radius 3 is 2.16 bits per heavy atom. The van der Waals surface area contributed by atoms with Crippen LogP contribution in [0.1, 0.15) is 42.7 Å². The van der Waals surface area contributed by atoms with E-state index in [2.05, 4.69) is 35.6 Å². The molecule has 0 amide bonds. The smallest absolute Gasteiger partial charge is 0.238 e. The summed E-state index contributed by atoms with van der Waals surface area (Å²) in [6, 6.07) is 18.2.